The van der Waals surface area contributed by atoms with E-state index in [9.17, 15) is 9.90 Å². The minimum atomic E-state index is -0.239. The zero-order chi connectivity index (χ0) is 11.1. The van der Waals surface area contributed by atoms with E-state index in [1.165, 1.54) is 0 Å². The number of rotatable bonds is 7. The first-order valence-electron chi connectivity index (χ1n) is 5.61. The van der Waals surface area contributed by atoms with Crippen LogP contribution in [-0.4, -0.2) is 17.0 Å². The summed E-state index contributed by atoms with van der Waals surface area (Å²) in [5, 5.41) is 9.77. The second-order valence-electron chi connectivity index (χ2n) is 4.76. The third kappa shape index (κ3) is 7.07. The van der Waals surface area contributed by atoms with E-state index >= 15 is 0 Å². The lowest BCUT2D eigenvalue weighted by atomic mass is 9.92. The van der Waals surface area contributed by atoms with Crippen LogP contribution in [0.4, 0.5) is 0 Å². The summed E-state index contributed by atoms with van der Waals surface area (Å²) in [5.41, 5.74) is 0. The Morgan fingerprint density at radius 3 is 2.14 bits per heavy atom. The summed E-state index contributed by atoms with van der Waals surface area (Å²) in [6, 6.07) is 0. The van der Waals surface area contributed by atoms with Gasteiger partial charge in [-0.15, -0.1) is 0 Å². The molecule has 0 aromatic rings. The molecule has 0 aromatic heterocycles. The molecule has 2 nitrogen and oxygen atoms in total. The number of carbonyl (C=O) groups excluding carboxylic acids is 1. The van der Waals surface area contributed by atoms with Crippen molar-refractivity contribution in [1.82, 2.24) is 0 Å². The number of carbonyl (C=O) groups is 1. The van der Waals surface area contributed by atoms with Crippen molar-refractivity contribution in [2.45, 2.75) is 59.5 Å². The Morgan fingerprint density at radius 1 is 1.14 bits per heavy atom. The fourth-order valence-corrected chi connectivity index (χ4v) is 1.41. The first-order chi connectivity index (χ1) is 6.43. The van der Waals surface area contributed by atoms with Gasteiger partial charge in [0.2, 0.25) is 0 Å². The molecule has 14 heavy (non-hydrogen) atoms. The highest BCUT2D eigenvalue weighted by molar-refractivity contribution is 5.75. The van der Waals surface area contributed by atoms with Gasteiger partial charge >= 0.3 is 0 Å². The lowest BCUT2D eigenvalue weighted by Gasteiger charge is -2.19. The number of ketones is 1. The van der Waals surface area contributed by atoms with Gasteiger partial charge in [-0.05, 0) is 38.0 Å². The summed E-state index contributed by atoms with van der Waals surface area (Å²) in [7, 11) is 0. The predicted octanol–water partition coefficient (Wildman–Crippen LogP) is 2.79. The molecule has 84 valence electrons. The number of hydrogen-bond donors (Lipinski definition) is 1. The van der Waals surface area contributed by atoms with Gasteiger partial charge in [0.05, 0.1) is 6.10 Å². The number of Topliss-reactive ketones (excluding diaryl/α,β-unsaturated/α-hetero) is 1. The van der Waals surface area contributed by atoms with Crippen LogP contribution in [0.3, 0.4) is 0 Å². The first kappa shape index (κ1) is 13.6. The molecule has 0 saturated carbocycles. The third-order valence-corrected chi connectivity index (χ3v) is 2.65. The molecule has 0 spiro atoms. The first-order valence-corrected chi connectivity index (χ1v) is 5.61. The molecule has 0 bridgehead atoms. The Morgan fingerprint density at radius 2 is 1.71 bits per heavy atom. The summed E-state index contributed by atoms with van der Waals surface area (Å²) >= 11 is 0. The summed E-state index contributed by atoms with van der Waals surface area (Å²) in [6.07, 6.45) is 3.09. The minimum absolute atomic E-state index is 0.216. The highest BCUT2D eigenvalue weighted by Gasteiger charge is 2.14. The number of aliphatic hydroxyl groups is 1. The summed E-state index contributed by atoms with van der Waals surface area (Å²) in [5.74, 6) is 1.11. The maximum absolute atomic E-state index is 10.8. The van der Waals surface area contributed by atoms with Gasteiger partial charge in [0, 0.05) is 6.42 Å². The van der Waals surface area contributed by atoms with Gasteiger partial charge in [-0.1, -0.05) is 20.8 Å². The smallest absolute Gasteiger partial charge is 0.129 e. The molecule has 2 heteroatoms. The standard InChI is InChI=1S/C12H24O2/c1-9(2)5-8-12(14)10(3)6-7-11(4)13/h9-10,12,14H,5-8H2,1-4H3. The molecular weight excluding hydrogens is 176 g/mol. The molecular formula is C12H24O2. The normalized spacial score (nSPS) is 15.6. The summed E-state index contributed by atoms with van der Waals surface area (Å²) < 4.78 is 0. The van der Waals surface area contributed by atoms with Crippen LogP contribution in [-0.2, 0) is 4.79 Å². The van der Waals surface area contributed by atoms with Crippen LogP contribution in [0.15, 0.2) is 0 Å². The van der Waals surface area contributed by atoms with Gasteiger partial charge in [-0.25, -0.2) is 0 Å². The second-order valence-corrected chi connectivity index (χ2v) is 4.76. The number of hydrogen-bond acceptors (Lipinski definition) is 2. The van der Waals surface area contributed by atoms with Crippen LogP contribution in [0.25, 0.3) is 0 Å². The van der Waals surface area contributed by atoms with Gasteiger partial charge in [0.25, 0.3) is 0 Å². The average molecular weight is 200 g/mol. The van der Waals surface area contributed by atoms with Crippen molar-refractivity contribution in [3.05, 3.63) is 0 Å². The molecule has 0 heterocycles. The quantitative estimate of drug-likeness (QED) is 0.686. The fraction of sp³-hybridized carbons (Fsp3) is 0.917. The van der Waals surface area contributed by atoms with Crippen LogP contribution in [0.2, 0.25) is 0 Å². The van der Waals surface area contributed by atoms with E-state index in [4.69, 9.17) is 0 Å². The molecule has 0 aliphatic carbocycles. The molecule has 0 aliphatic heterocycles. The lowest BCUT2D eigenvalue weighted by molar-refractivity contribution is -0.117. The summed E-state index contributed by atoms with van der Waals surface area (Å²) in [6.45, 7) is 7.95. The largest absolute Gasteiger partial charge is 0.393 e. The Bertz CT molecular complexity index is 164. The molecule has 0 aromatic carbocycles. The molecule has 2 atom stereocenters. The van der Waals surface area contributed by atoms with E-state index in [2.05, 4.69) is 13.8 Å². The maximum atomic E-state index is 10.8. The Balaban J connectivity index is 3.64. The highest BCUT2D eigenvalue weighted by atomic mass is 16.3. The van der Waals surface area contributed by atoms with Crippen LogP contribution < -0.4 is 0 Å². The van der Waals surface area contributed by atoms with Gasteiger partial charge in [0.15, 0.2) is 0 Å². The molecule has 2 unspecified atom stereocenters. The van der Waals surface area contributed by atoms with Crippen molar-refractivity contribution in [2.24, 2.45) is 11.8 Å². The van der Waals surface area contributed by atoms with E-state index in [0.29, 0.717) is 12.3 Å². The van der Waals surface area contributed by atoms with Crippen molar-refractivity contribution < 1.29 is 9.90 Å². The molecule has 1 N–H and O–H groups in total. The van der Waals surface area contributed by atoms with Gasteiger partial charge in [-0.2, -0.15) is 0 Å². The summed E-state index contributed by atoms with van der Waals surface area (Å²) in [4.78, 5) is 10.8. The highest BCUT2D eigenvalue weighted by Crippen LogP contribution is 2.17. The topological polar surface area (TPSA) is 37.3 Å². The maximum Gasteiger partial charge on any atom is 0.129 e. The molecule has 0 fully saturated rings. The van der Waals surface area contributed by atoms with Crippen molar-refractivity contribution in [2.75, 3.05) is 0 Å². The molecule has 0 radical (unpaired) electrons. The zero-order valence-electron chi connectivity index (χ0n) is 9.92. The van der Waals surface area contributed by atoms with Crippen LogP contribution in [0.1, 0.15) is 53.4 Å². The molecule has 0 amide bonds. The van der Waals surface area contributed by atoms with E-state index in [1.807, 2.05) is 6.92 Å². The van der Waals surface area contributed by atoms with E-state index in [-0.39, 0.29) is 17.8 Å². The molecule has 0 aliphatic rings. The van der Waals surface area contributed by atoms with Crippen molar-refractivity contribution in [3.63, 3.8) is 0 Å². The minimum Gasteiger partial charge on any atom is -0.393 e. The molecule has 0 rings (SSSR count). The average Bonchev–Trinajstić information content (AvgIpc) is 2.09. The Hall–Kier alpha value is -0.370. The van der Waals surface area contributed by atoms with Crippen LogP contribution in [0.5, 0.6) is 0 Å². The lowest BCUT2D eigenvalue weighted by Crippen LogP contribution is -2.18. The van der Waals surface area contributed by atoms with Gasteiger partial charge in [0.1, 0.15) is 5.78 Å². The van der Waals surface area contributed by atoms with Crippen molar-refractivity contribution in [1.29, 1.82) is 0 Å². The predicted molar refractivity (Wildman–Crippen MR) is 59.2 cm³/mol. The van der Waals surface area contributed by atoms with E-state index < -0.39 is 0 Å². The third-order valence-electron chi connectivity index (χ3n) is 2.65. The second kappa shape index (κ2) is 6.99. The van der Waals surface area contributed by atoms with Crippen LogP contribution in [0, 0.1) is 11.8 Å². The van der Waals surface area contributed by atoms with E-state index in [1.54, 1.807) is 6.92 Å². The zero-order valence-corrected chi connectivity index (χ0v) is 9.92. The van der Waals surface area contributed by atoms with Crippen LogP contribution >= 0.6 is 0 Å². The van der Waals surface area contributed by atoms with Gasteiger partial charge < -0.3 is 9.90 Å². The SMILES string of the molecule is CC(=O)CCC(C)C(O)CCC(C)C. The monoisotopic (exact) mass is 200 g/mol. The number of aliphatic hydroxyl groups excluding tert-OH is 1. The van der Waals surface area contributed by atoms with E-state index in [0.717, 1.165) is 19.3 Å². The van der Waals surface area contributed by atoms with Crippen molar-refractivity contribution in [3.8, 4) is 0 Å². The Labute approximate surface area is 87.7 Å². The van der Waals surface area contributed by atoms with Gasteiger partial charge in [-0.3, -0.25) is 0 Å². The fourth-order valence-electron chi connectivity index (χ4n) is 1.41. The Kier molecular flexibility index (Phi) is 6.81. The molecule has 0 saturated heterocycles. The van der Waals surface area contributed by atoms with Crippen molar-refractivity contribution >= 4 is 5.78 Å².